The van der Waals surface area contributed by atoms with Gasteiger partial charge >= 0.3 is 11.9 Å². The molecule has 0 aromatic carbocycles. The van der Waals surface area contributed by atoms with Crippen LogP contribution in [0.2, 0.25) is 0 Å². The maximum atomic E-state index is 10.1. The first-order chi connectivity index (χ1) is 5.91. The average Bonchev–Trinajstić information content (AvgIpc) is 1.80. The van der Waals surface area contributed by atoms with Crippen molar-refractivity contribution in [3.05, 3.63) is 0 Å². The second-order valence-electron chi connectivity index (χ2n) is 2.74. The molecule has 6 nitrogen and oxygen atoms in total. The molecule has 13 heavy (non-hydrogen) atoms. The van der Waals surface area contributed by atoms with Gasteiger partial charge in [-0.3, -0.25) is 9.59 Å². The summed E-state index contributed by atoms with van der Waals surface area (Å²) in [5.41, 5.74) is 0. The zero-order valence-electron chi connectivity index (χ0n) is 6.88. The number of carbonyl (C=O) groups is 2. The first-order valence-corrected chi connectivity index (χ1v) is 3.71. The Bertz CT molecular complexity index is 169. The van der Waals surface area contributed by atoms with Crippen molar-refractivity contribution >= 4 is 11.9 Å². The van der Waals surface area contributed by atoms with Crippen LogP contribution in [0.15, 0.2) is 0 Å². The highest BCUT2D eigenvalue weighted by Gasteiger charge is 2.16. The van der Waals surface area contributed by atoms with E-state index in [2.05, 4.69) is 0 Å². The summed E-state index contributed by atoms with van der Waals surface area (Å²) in [4.78, 5) is 20.1. The summed E-state index contributed by atoms with van der Waals surface area (Å²) < 4.78 is 0. The van der Waals surface area contributed by atoms with Gasteiger partial charge in [0.2, 0.25) is 0 Å². The summed E-state index contributed by atoms with van der Waals surface area (Å²) in [6.07, 6.45) is -3.62. The van der Waals surface area contributed by atoms with Crippen LogP contribution in [0.5, 0.6) is 0 Å². The third kappa shape index (κ3) is 7.23. The Morgan fingerprint density at radius 1 is 0.923 bits per heavy atom. The van der Waals surface area contributed by atoms with Gasteiger partial charge in [-0.25, -0.2) is 0 Å². The summed E-state index contributed by atoms with van der Waals surface area (Å²) >= 11 is 0. The molecular weight excluding hydrogens is 180 g/mol. The predicted molar refractivity (Wildman–Crippen MR) is 41.1 cm³/mol. The molecule has 0 rings (SSSR count). The molecule has 0 bridgehead atoms. The molecule has 0 saturated carbocycles. The maximum Gasteiger partial charge on any atom is 0.305 e. The average molecular weight is 192 g/mol. The highest BCUT2D eigenvalue weighted by atomic mass is 16.4. The number of aliphatic hydroxyl groups is 2. The van der Waals surface area contributed by atoms with Crippen LogP contribution in [0, 0.1) is 0 Å². The zero-order valence-corrected chi connectivity index (χ0v) is 6.88. The molecule has 0 unspecified atom stereocenters. The summed E-state index contributed by atoms with van der Waals surface area (Å²) in [6.45, 7) is 0. The van der Waals surface area contributed by atoms with Crippen molar-refractivity contribution in [3.63, 3.8) is 0 Å². The molecule has 6 heteroatoms. The molecule has 0 heterocycles. The van der Waals surface area contributed by atoms with Crippen molar-refractivity contribution in [2.24, 2.45) is 0 Å². The second kappa shape index (κ2) is 5.50. The SMILES string of the molecule is O=C(O)C[C@@H](O)C[C@@H](O)CC(=O)O. The van der Waals surface area contributed by atoms with Gasteiger partial charge in [0.15, 0.2) is 0 Å². The molecule has 76 valence electrons. The van der Waals surface area contributed by atoms with Crippen molar-refractivity contribution in [3.8, 4) is 0 Å². The first-order valence-electron chi connectivity index (χ1n) is 3.71. The molecule has 0 radical (unpaired) electrons. The molecule has 0 aliphatic heterocycles. The molecule has 2 atom stereocenters. The second-order valence-corrected chi connectivity index (χ2v) is 2.74. The summed E-state index contributed by atoms with van der Waals surface area (Å²) in [6, 6.07) is 0. The van der Waals surface area contributed by atoms with Gasteiger partial charge in [0.05, 0.1) is 25.0 Å². The fraction of sp³-hybridized carbons (Fsp3) is 0.714. The first kappa shape index (κ1) is 11.9. The Balaban J connectivity index is 3.70. The Morgan fingerprint density at radius 2 is 1.23 bits per heavy atom. The molecule has 0 amide bonds. The maximum absolute atomic E-state index is 10.1. The van der Waals surface area contributed by atoms with Crippen LogP contribution in [0.3, 0.4) is 0 Å². The standard InChI is InChI=1S/C7H12O6/c8-4(2-6(10)11)1-5(9)3-7(12)13/h4-5,8-9H,1-3H2,(H,10,11)(H,12,13)/t4-,5+. The van der Waals surface area contributed by atoms with E-state index < -0.39 is 37.0 Å². The molecule has 0 fully saturated rings. The van der Waals surface area contributed by atoms with E-state index in [4.69, 9.17) is 20.4 Å². The largest absolute Gasteiger partial charge is 0.481 e. The normalized spacial score (nSPS) is 14.9. The molecular formula is C7H12O6. The highest BCUT2D eigenvalue weighted by molar-refractivity contribution is 5.68. The third-order valence-corrected chi connectivity index (χ3v) is 1.36. The molecule has 0 aliphatic carbocycles. The lowest BCUT2D eigenvalue weighted by Gasteiger charge is -2.11. The topological polar surface area (TPSA) is 115 Å². The fourth-order valence-corrected chi connectivity index (χ4v) is 0.884. The lowest BCUT2D eigenvalue weighted by atomic mass is 10.1. The van der Waals surface area contributed by atoms with E-state index in [0.29, 0.717) is 0 Å². The van der Waals surface area contributed by atoms with Gasteiger partial charge in [-0.15, -0.1) is 0 Å². The number of aliphatic carboxylic acids is 2. The van der Waals surface area contributed by atoms with Crippen LogP contribution in [-0.2, 0) is 9.59 Å². The van der Waals surface area contributed by atoms with Gasteiger partial charge < -0.3 is 20.4 Å². The van der Waals surface area contributed by atoms with Gasteiger partial charge in [-0.1, -0.05) is 0 Å². The number of hydrogen-bond acceptors (Lipinski definition) is 4. The third-order valence-electron chi connectivity index (χ3n) is 1.36. The van der Waals surface area contributed by atoms with Gasteiger partial charge in [0.25, 0.3) is 0 Å². The highest BCUT2D eigenvalue weighted by Crippen LogP contribution is 2.05. The summed E-state index contributed by atoms with van der Waals surface area (Å²) in [5, 5.41) is 34.4. The van der Waals surface area contributed by atoms with Crippen LogP contribution in [0.25, 0.3) is 0 Å². The minimum absolute atomic E-state index is 0.237. The number of hydrogen-bond donors (Lipinski definition) is 4. The van der Waals surface area contributed by atoms with E-state index >= 15 is 0 Å². The summed E-state index contributed by atoms with van der Waals surface area (Å²) in [5.74, 6) is -2.37. The van der Waals surface area contributed by atoms with E-state index in [-0.39, 0.29) is 6.42 Å². The van der Waals surface area contributed by atoms with E-state index in [1.165, 1.54) is 0 Å². The van der Waals surface area contributed by atoms with E-state index in [1.807, 2.05) is 0 Å². The number of aliphatic hydroxyl groups excluding tert-OH is 2. The Hall–Kier alpha value is -1.14. The van der Waals surface area contributed by atoms with Crippen LogP contribution >= 0.6 is 0 Å². The summed E-state index contributed by atoms with van der Waals surface area (Å²) in [7, 11) is 0. The number of rotatable bonds is 6. The molecule has 4 N–H and O–H groups in total. The molecule has 0 aromatic rings. The number of carboxylic acids is 2. The fourth-order valence-electron chi connectivity index (χ4n) is 0.884. The van der Waals surface area contributed by atoms with Crippen molar-refractivity contribution in [1.82, 2.24) is 0 Å². The van der Waals surface area contributed by atoms with Gasteiger partial charge in [-0.05, 0) is 0 Å². The lowest BCUT2D eigenvalue weighted by Crippen LogP contribution is -2.22. The monoisotopic (exact) mass is 192 g/mol. The van der Waals surface area contributed by atoms with Gasteiger partial charge in [0, 0.05) is 6.42 Å². The van der Waals surface area contributed by atoms with Crippen LogP contribution in [0.4, 0.5) is 0 Å². The lowest BCUT2D eigenvalue weighted by molar-refractivity contribution is -0.140. The van der Waals surface area contributed by atoms with E-state index in [9.17, 15) is 9.59 Å². The molecule has 0 spiro atoms. The molecule has 0 saturated heterocycles. The van der Waals surface area contributed by atoms with Crippen LogP contribution < -0.4 is 0 Å². The minimum Gasteiger partial charge on any atom is -0.481 e. The van der Waals surface area contributed by atoms with Gasteiger partial charge in [-0.2, -0.15) is 0 Å². The van der Waals surface area contributed by atoms with Crippen molar-refractivity contribution in [2.75, 3.05) is 0 Å². The molecule has 0 aromatic heterocycles. The quantitative estimate of drug-likeness (QED) is 0.431. The predicted octanol–water partition coefficient (Wildman–Crippen LogP) is -0.952. The Morgan fingerprint density at radius 3 is 1.46 bits per heavy atom. The smallest absolute Gasteiger partial charge is 0.305 e. The van der Waals surface area contributed by atoms with Gasteiger partial charge in [0.1, 0.15) is 0 Å². The van der Waals surface area contributed by atoms with E-state index in [1.54, 1.807) is 0 Å². The zero-order chi connectivity index (χ0) is 10.4. The van der Waals surface area contributed by atoms with Crippen molar-refractivity contribution in [2.45, 2.75) is 31.5 Å². The Kier molecular flexibility index (Phi) is 5.01. The number of carboxylic acid groups (broad SMARTS) is 2. The van der Waals surface area contributed by atoms with Crippen molar-refractivity contribution in [1.29, 1.82) is 0 Å². The van der Waals surface area contributed by atoms with E-state index in [0.717, 1.165) is 0 Å². The minimum atomic E-state index is -1.20. The molecule has 0 aliphatic rings. The Labute approximate surface area is 74.4 Å². The van der Waals surface area contributed by atoms with Crippen LogP contribution in [0.1, 0.15) is 19.3 Å². The van der Waals surface area contributed by atoms with Crippen LogP contribution in [-0.4, -0.2) is 44.6 Å². The van der Waals surface area contributed by atoms with Crippen molar-refractivity contribution < 1.29 is 30.0 Å².